The van der Waals surface area contributed by atoms with Crippen LogP contribution < -0.4 is 5.32 Å². The second-order valence-electron chi connectivity index (χ2n) is 4.03. The average molecular weight is 318 g/mol. The average Bonchev–Trinajstić information content (AvgIpc) is 2.42. The Kier molecular flexibility index (Phi) is 3.13. The number of nitrogens with one attached hydrogen (secondary N) is 1. The number of hydrogen-bond donors (Lipinski definition) is 1. The van der Waals surface area contributed by atoms with E-state index in [0.29, 0.717) is 5.95 Å². The lowest BCUT2D eigenvalue weighted by Gasteiger charge is -2.05. The second kappa shape index (κ2) is 4.93. The molecule has 0 saturated heterocycles. The molecule has 2 aromatic carbocycles. The first kappa shape index (κ1) is 12.0. The maximum atomic E-state index is 12.8. The number of benzene rings is 2. The van der Waals surface area contributed by atoms with Crippen molar-refractivity contribution in [3.63, 3.8) is 0 Å². The Morgan fingerprint density at radius 3 is 2.63 bits per heavy atom. The Morgan fingerprint density at radius 2 is 1.84 bits per heavy atom. The standard InChI is InChI=1S/C14H9BrFN3/c15-10-1-6-13-9(7-10)8-17-14(19-13)18-12-4-2-11(16)3-5-12/h1-8H,(H,17,18,19). The molecular weight excluding hydrogens is 309 g/mol. The zero-order valence-corrected chi connectivity index (χ0v) is 11.4. The molecule has 94 valence electrons. The van der Waals surface area contributed by atoms with E-state index < -0.39 is 0 Å². The fraction of sp³-hybridized carbons (Fsp3) is 0. The monoisotopic (exact) mass is 317 g/mol. The molecule has 3 rings (SSSR count). The van der Waals surface area contributed by atoms with Gasteiger partial charge in [0, 0.05) is 21.7 Å². The van der Waals surface area contributed by atoms with E-state index in [1.54, 1.807) is 18.3 Å². The van der Waals surface area contributed by atoms with Crippen molar-refractivity contribution >= 4 is 38.5 Å². The third-order valence-electron chi connectivity index (χ3n) is 2.64. The third kappa shape index (κ3) is 2.71. The summed E-state index contributed by atoms with van der Waals surface area (Å²) in [4.78, 5) is 8.63. The zero-order chi connectivity index (χ0) is 13.2. The van der Waals surface area contributed by atoms with Crippen LogP contribution in [0.2, 0.25) is 0 Å². The normalized spacial score (nSPS) is 10.6. The minimum absolute atomic E-state index is 0.269. The number of hydrogen-bond acceptors (Lipinski definition) is 3. The predicted octanol–water partition coefficient (Wildman–Crippen LogP) is 4.28. The molecule has 0 aliphatic heterocycles. The van der Waals surface area contributed by atoms with Crippen LogP contribution in [0, 0.1) is 5.82 Å². The molecule has 5 heteroatoms. The molecule has 0 fully saturated rings. The summed E-state index contributed by atoms with van der Waals surface area (Å²) in [6, 6.07) is 11.9. The number of nitrogens with zero attached hydrogens (tertiary/aromatic N) is 2. The van der Waals surface area contributed by atoms with Crippen molar-refractivity contribution in [3.05, 3.63) is 59.0 Å². The van der Waals surface area contributed by atoms with Crippen LogP contribution in [-0.2, 0) is 0 Å². The molecule has 0 aliphatic carbocycles. The van der Waals surface area contributed by atoms with Crippen molar-refractivity contribution < 1.29 is 4.39 Å². The molecule has 1 N–H and O–H groups in total. The SMILES string of the molecule is Fc1ccc(Nc2ncc3cc(Br)ccc3n2)cc1. The highest BCUT2D eigenvalue weighted by Crippen LogP contribution is 2.20. The van der Waals surface area contributed by atoms with Gasteiger partial charge in [-0.3, -0.25) is 0 Å². The van der Waals surface area contributed by atoms with Crippen molar-refractivity contribution in [1.82, 2.24) is 9.97 Å². The van der Waals surface area contributed by atoms with Gasteiger partial charge >= 0.3 is 0 Å². The van der Waals surface area contributed by atoms with E-state index in [0.717, 1.165) is 21.1 Å². The molecule has 0 atom stereocenters. The molecule has 19 heavy (non-hydrogen) atoms. The van der Waals surface area contributed by atoms with Crippen LogP contribution in [0.4, 0.5) is 16.0 Å². The summed E-state index contributed by atoms with van der Waals surface area (Å²) >= 11 is 3.40. The summed E-state index contributed by atoms with van der Waals surface area (Å²) in [5, 5.41) is 3.99. The van der Waals surface area contributed by atoms with Crippen LogP contribution in [0.15, 0.2) is 53.1 Å². The van der Waals surface area contributed by atoms with Crippen molar-refractivity contribution in [3.8, 4) is 0 Å². The summed E-state index contributed by atoms with van der Waals surface area (Å²) in [6.45, 7) is 0. The first-order chi connectivity index (χ1) is 9.20. The van der Waals surface area contributed by atoms with Gasteiger partial charge < -0.3 is 5.32 Å². The first-order valence-corrected chi connectivity index (χ1v) is 6.45. The van der Waals surface area contributed by atoms with Gasteiger partial charge in [0.1, 0.15) is 5.82 Å². The largest absolute Gasteiger partial charge is 0.324 e. The summed E-state index contributed by atoms with van der Waals surface area (Å²) in [5.74, 6) is 0.219. The summed E-state index contributed by atoms with van der Waals surface area (Å²) in [5.41, 5.74) is 1.60. The molecule has 0 aliphatic rings. The van der Waals surface area contributed by atoms with Gasteiger partial charge in [0.15, 0.2) is 0 Å². The molecule has 1 aromatic heterocycles. The van der Waals surface area contributed by atoms with Crippen molar-refractivity contribution in [1.29, 1.82) is 0 Å². The van der Waals surface area contributed by atoms with E-state index in [2.05, 4.69) is 31.2 Å². The van der Waals surface area contributed by atoms with Gasteiger partial charge in [-0.1, -0.05) is 15.9 Å². The van der Waals surface area contributed by atoms with Crippen molar-refractivity contribution in [2.75, 3.05) is 5.32 Å². The Morgan fingerprint density at radius 1 is 1.05 bits per heavy atom. The maximum absolute atomic E-state index is 12.8. The Balaban J connectivity index is 1.93. The minimum Gasteiger partial charge on any atom is -0.324 e. The topological polar surface area (TPSA) is 37.8 Å². The number of fused-ring (bicyclic) bond motifs is 1. The fourth-order valence-electron chi connectivity index (χ4n) is 1.73. The van der Waals surface area contributed by atoms with Crippen LogP contribution in [0.25, 0.3) is 10.9 Å². The van der Waals surface area contributed by atoms with Gasteiger partial charge in [0.25, 0.3) is 0 Å². The lowest BCUT2D eigenvalue weighted by Crippen LogP contribution is -1.97. The first-order valence-electron chi connectivity index (χ1n) is 5.66. The van der Waals surface area contributed by atoms with Crippen molar-refractivity contribution in [2.45, 2.75) is 0 Å². The van der Waals surface area contributed by atoms with Crippen molar-refractivity contribution in [2.24, 2.45) is 0 Å². The Hall–Kier alpha value is -2.01. The van der Waals surface area contributed by atoms with Crippen LogP contribution in [-0.4, -0.2) is 9.97 Å². The molecule has 1 heterocycles. The highest BCUT2D eigenvalue weighted by molar-refractivity contribution is 9.10. The van der Waals surface area contributed by atoms with E-state index in [9.17, 15) is 4.39 Å². The summed E-state index contributed by atoms with van der Waals surface area (Å²) in [6.07, 6.45) is 1.75. The van der Waals surface area contributed by atoms with Gasteiger partial charge in [-0.05, 0) is 42.5 Å². The molecule has 0 spiro atoms. The molecule has 3 aromatic rings. The van der Waals surface area contributed by atoms with E-state index >= 15 is 0 Å². The number of aromatic nitrogens is 2. The smallest absolute Gasteiger partial charge is 0.227 e. The lowest BCUT2D eigenvalue weighted by molar-refractivity contribution is 0.628. The molecule has 0 unspecified atom stereocenters. The molecule has 0 amide bonds. The predicted molar refractivity (Wildman–Crippen MR) is 76.9 cm³/mol. The number of halogens is 2. The Labute approximate surface area is 117 Å². The lowest BCUT2D eigenvalue weighted by atomic mass is 10.2. The van der Waals surface area contributed by atoms with Crippen LogP contribution in [0.3, 0.4) is 0 Å². The number of rotatable bonds is 2. The summed E-state index contributed by atoms with van der Waals surface area (Å²) < 4.78 is 13.8. The van der Waals surface area contributed by atoms with Gasteiger partial charge in [-0.25, -0.2) is 14.4 Å². The van der Waals surface area contributed by atoms with Gasteiger partial charge in [-0.15, -0.1) is 0 Å². The second-order valence-corrected chi connectivity index (χ2v) is 4.94. The molecule has 0 saturated carbocycles. The zero-order valence-electron chi connectivity index (χ0n) is 9.77. The van der Waals surface area contributed by atoms with E-state index in [4.69, 9.17) is 0 Å². The third-order valence-corrected chi connectivity index (χ3v) is 3.14. The molecule has 0 bridgehead atoms. The maximum Gasteiger partial charge on any atom is 0.227 e. The molecule has 3 nitrogen and oxygen atoms in total. The molecule has 0 radical (unpaired) electrons. The summed E-state index contributed by atoms with van der Waals surface area (Å²) in [7, 11) is 0. The molecular formula is C14H9BrFN3. The van der Waals surface area contributed by atoms with E-state index in [1.165, 1.54) is 12.1 Å². The van der Waals surface area contributed by atoms with Crippen LogP contribution in [0.5, 0.6) is 0 Å². The highest BCUT2D eigenvalue weighted by Gasteiger charge is 2.01. The highest BCUT2D eigenvalue weighted by atomic mass is 79.9. The number of anilines is 2. The minimum atomic E-state index is -0.269. The van der Waals surface area contributed by atoms with Gasteiger partial charge in [0.05, 0.1) is 5.52 Å². The van der Waals surface area contributed by atoms with Crippen LogP contribution >= 0.6 is 15.9 Å². The van der Waals surface area contributed by atoms with Gasteiger partial charge in [0.2, 0.25) is 5.95 Å². The Bertz CT molecular complexity index is 728. The van der Waals surface area contributed by atoms with E-state index in [1.807, 2.05) is 18.2 Å². The van der Waals surface area contributed by atoms with Gasteiger partial charge in [-0.2, -0.15) is 0 Å². The van der Waals surface area contributed by atoms with E-state index in [-0.39, 0.29) is 5.82 Å². The van der Waals surface area contributed by atoms with Crippen LogP contribution in [0.1, 0.15) is 0 Å². The quantitative estimate of drug-likeness (QED) is 0.766. The fourth-order valence-corrected chi connectivity index (χ4v) is 2.11.